The van der Waals surface area contributed by atoms with Gasteiger partial charge in [-0.1, -0.05) is 22.4 Å². The second-order valence-corrected chi connectivity index (χ2v) is 8.07. The lowest BCUT2D eigenvalue weighted by Crippen LogP contribution is -2.32. The molecule has 0 aliphatic carbocycles. The molecular weight excluding hydrogens is 432 g/mol. The number of ether oxygens (including phenoxy) is 1. The van der Waals surface area contributed by atoms with Crippen LogP contribution in [0.15, 0.2) is 33.2 Å². The minimum absolute atomic E-state index is 0.421. The van der Waals surface area contributed by atoms with Crippen LogP contribution in [0.3, 0.4) is 0 Å². The van der Waals surface area contributed by atoms with Gasteiger partial charge in [-0.2, -0.15) is 0 Å². The Kier molecular flexibility index (Phi) is 6.06. The summed E-state index contributed by atoms with van der Waals surface area (Å²) in [4.78, 5) is 6.19. The molecule has 130 valence electrons. The summed E-state index contributed by atoms with van der Waals surface area (Å²) in [5.41, 5.74) is 3.44. The van der Waals surface area contributed by atoms with Crippen molar-refractivity contribution >= 4 is 31.9 Å². The molecule has 2 heterocycles. The lowest BCUT2D eigenvalue weighted by atomic mass is 10.1. The highest BCUT2D eigenvalue weighted by molar-refractivity contribution is 9.11. The van der Waals surface area contributed by atoms with Crippen LogP contribution in [0.25, 0.3) is 11.3 Å². The summed E-state index contributed by atoms with van der Waals surface area (Å²) in [6.07, 6.45) is 3.99. The maximum Gasteiger partial charge on any atom is 0.142 e. The highest BCUT2D eigenvalue weighted by Crippen LogP contribution is 2.39. The second-order valence-electron chi connectivity index (χ2n) is 6.30. The van der Waals surface area contributed by atoms with E-state index in [2.05, 4.69) is 66.9 Å². The smallest absolute Gasteiger partial charge is 0.142 e. The normalized spacial score (nSPS) is 17.0. The van der Waals surface area contributed by atoms with Gasteiger partial charge < -0.3 is 9.72 Å². The average molecular weight is 456 g/mol. The number of piperidine rings is 1. The Balaban J connectivity index is 1.90. The molecule has 1 aromatic carbocycles. The van der Waals surface area contributed by atoms with E-state index in [0.717, 1.165) is 26.0 Å². The van der Waals surface area contributed by atoms with Gasteiger partial charge in [0.1, 0.15) is 5.75 Å². The number of H-pyrrole nitrogens is 1. The molecular formula is C19H24Br2N2O. The van der Waals surface area contributed by atoms with Gasteiger partial charge in [0.05, 0.1) is 11.1 Å². The van der Waals surface area contributed by atoms with Gasteiger partial charge in [-0.3, -0.25) is 4.90 Å². The van der Waals surface area contributed by atoms with E-state index in [-0.39, 0.29) is 0 Å². The van der Waals surface area contributed by atoms with Crippen LogP contribution in [-0.4, -0.2) is 29.6 Å². The fourth-order valence-electron chi connectivity index (χ4n) is 3.37. The average Bonchev–Trinajstić information content (AvgIpc) is 3.07. The zero-order valence-corrected chi connectivity index (χ0v) is 17.4. The molecule has 1 aromatic heterocycles. The van der Waals surface area contributed by atoms with Crippen molar-refractivity contribution in [2.45, 2.75) is 39.2 Å². The van der Waals surface area contributed by atoms with Crippen molar-refractivity contribution in [2.24, 2.45) is 0 Å². The number of likely N-dealkylation sites (tertiary alicyclic amines) is 1. The molecule has 1 aliphatic rings. The first kappa shape index (κ1) is 18.0. The van der Waals surface area contributed by atoms with Crippen molar-refractivity contribution in [3.63, 3.8) is 0 Å². The van der Waals surface area contributed by atoms with Crippen molar-refractivity contribution in [1.82, 2.24) is 9.88 Å². The molecule has 1 atom stereocenters. The first-order valence-electron chi connectivity index (χ1n) is 8.65. The number of benzene rings is 1. The SMILES string of the molecule is CCOc1c(Br)cc(Br)cc1-c1ccc(C(C)N2CCCCC2)[nH]1. The molecule has 2 aromatic rings. The van der Waals surface area contributed by atoms with Gasteiger partial charge in [-0.05, 0) is 80.0 Å². The third-order valence-corrected chi connectivity index (χ3v) is 5.73. The van der Waals surface area contributed by atoms with Crippen molar-refractivity contribution in [1.29, 1.82) is 0 Å². The Bertz CT molecular complexity index is 693. The third kappa shape index (κ3) is 3.89. The van der Waals surface area contributed by atoms with E-state index in [9.17, 15) is 0 Å². The Morgan fingerprint density at radius 3 is 2.62 bits per heavy atom. The standard InChI is InChI=1S/C19H24Br2N2O/c1-3-24-19-15(11-14(20)12-16(19)21)18-8-7-17(22-18)13(2)23-9-5-4-6-10-23/h7-8,11-13,22H,3-6,9-10H2,1-2H3. The minimum atomic E-state index is 0.421. The van der Waals surface area contributed by atoms with Crippen LogP contribution in [0.5, 0.6) is 5.75 Å². The van der Waals surface area contributed by atoms with E-state index in [1.807, 2.05) is 13.0 Å². The Morgan fingerprint density at radius 2 is 1.92 bits per heavy atom. The molecule has 1 saturated heterocycles. The number of nitrogens with one attached hydrogen (secondary N) is 1. The largest absolute Gasteiger partial charge is 0.492 e. The molecule has 5 heteroatoms. The zero-order valence-electron chi connectivity index (χ0n) is 14.2. The summed E-state index contributed by atoms with van der Waals surface area (Å²) in [7, 11) is 0. The molecule has 0 spiro atoms. The number of hydrogen-bond acceptors (Lipinski definition) is 2. The van der Waals surface area contributed by atoms with Crippen LogP contribution >= 0.6 is 31.9 Å². The lowest BCUT2D eigenvalue weighted by molar-refractivity contribution is 0.172. The molecule has 1 unspecified atom stereocenters. The maximum atomic E-state index is 5.87. The Morgan fingerprint density at radius 1 is 1.17 bits per heavy atom. The number of aromatic nitrogens is 1. The summed E-state index contributed by atoms with van der Waals surface area (Å²) in [5, 5.41) is 0. The monoisotopic (exact) mass is 454 g/mol. The number of nitrogens with zero attached hydrogens (tertiary/aromatic N) is 1. The fraction of sp³-hybridized carbons (Fsp3) is 0.474. The van der Waals surface area contributed by atoms with Gasteiger partial charge >= 0.3 is 0 Å². The van der Waals surface area contributed by atoms with Crippen molar-refractivity contribution in [2.75, 3.05) is 19.7 Å². The molecule has 1 N–H and O–H groups in total. The first-order chi connectivity index (χ1) is 11.6. The molecule has 0 radical (unpaired) electrons. The molecule has 0 amide bonds. The summed E-state index contributed by atoms with van der Waals surface area (Å²) in [6.45, 7) is 7.34. The van der Waals surface area contributed by atoms with E-state index in [1.165, 1.54) is 38.0 Å². The van der Waals surface area contributed by atoms with Crippen LogP contribution in [0.4, 0.5) is 0 Å². The number of hydrogen-bond donors (Lipinski definition) is 1. The molecule has 1 aliphatic heterocycles. The molecule has 3 nitrogen and oxygen atoms in total. The highest BCUT2D eigenvalue weighted by atomic mass is 79.9. The predicted octanol–water partition coefficient (Wildman–Crippen LogP) is 6.15. The number of aromatic amines is 1. The van der Waals surface area contributed by atoms with E-state index in [0.29, 0.717) is 12.6 Å². The van der Waals surface area contributed by atoms with E-state index >= 15 is 0 Å². The maximum absolute atomic E-state index is 5.87. The van der Waals surface area contributed by atoms with Crippen molar-refractivity contribution in [3.8, 4) is 17.0 Å². The van der Waals surface area contributed by atoms with Crippen LogP contribution < -0.4 is 4.74 Å². The topological polar surface area (TPSA) is 28.3 Å². The summed E-state index contributed by atoms with van der Waals surface area (Å²) in [6, 6.07) is 8.92. The van der Waals surface area contributed by atoms with Gasteiger partial charge in [0.25, 0.3) is 0 Å². The van der Waals surface area contributed by atoms with E-state index in [4.69, 9.17) is 4.74 Å². The van der Waals surface area contributed by atoms with Gasteiger partial charge in [0, 0.05) is 27.5 Å². The quantitative estimate of drug-likeness (QED) is 0.585. The predicted molar refractivity (Wildman–Crippen MR) is 107 cm³/mol. The third-order valence-electron chi connectivity index (χ3n) is 4.68. The summed E-state index contributed by atoms with van der Waals surface area (Å²) in [5.74, 6) is 0.889. The van der Waals surface area contributed by atoms with Gasteiger partial charge in [-0.15, -0.1) is 0 Å². The first-order valence-corrected chi connectivity index (χ1v) is 10.2. The van der Waals surface area contributed by atoms with Crippen molar-refractivity contribution in [3.05, 3.63) is 38.9 Å². The zero-order chi connectivity index (χ0) is 17.1. The van der Waals surface area contributed by atoms with Gasteiger partial charge in [0.2, 0.25) is 0 Å². The number of halogens is 2. The fourth-order valence-corrected chi connectivity index (χ4v) is 4.71. The highest BCUT2D eigenvalue weighted by Gasteiger charge is 2.20. The molecule has 3 rings (SSSR count). The van der Waals surface area contributed by atoms with E-state index < -0.39 is 0 Å². The summed E-state index contributed by atoms with van der Waals surface area (Å²) < 4.78 is 7.87. The van der Waals surface area contributed by atoms with Crippen LogP contribution in [-0.2, 0) is 0 Å². The number of rotatable bonds is 5. The second kappa shape index (κ2) is 8.07. The molecule has 24 heavy (non-hydrogen) atoms. The van der Waals surface area contributed by atoms with Crippen LogP contribution in [0.1, 0.15) is 44.8 Å². The van der Waals surface area contributed by atoms with Crippen LogP contribution in [0, 0.1) is 0 Å². The summed E-state index contributed by atoms with van der Waals surface area (Å²) >= 11 is 7.20. The Labute approximate surface area is 161 Å². The lowest BCUT2D eigenvalue weighted by Gasteiger charge is -2.31. The van der Waals surface area contributed by atoms with Crippen LogP contribution in [0.2, 0.25) is 0 Å². The Hall–Kier alpha value is -0.780. The van der Waals surface area contributed by atoms with Crippen molar-refractivity contribution < 1.29 is 4.74 Å². The van der Waals surface area contributed by atoms with E-state index in [1.54, 1.807) is 0 Å². The molecule has 0 saturated carbocycles. The molecule has 0 bridgehead atoms. The molecule has 1 fully saturated rings. The van der Waals surface area contributed by atoms with Gasteiger partial charge in [0.15, 0.2) is 0 Å². The minimum Gasteiger partial charge on any atom is -0.492 e. The van der Waals surface area contributed by atoms with Gasteiger partial charge in [-0.25, -0.2) is 0 Å².